The lowest BCUT2D eigenvalue weighted by Gasteiger charge is -1.96. The number of aromatic carboxylic acids is 1. The fourth-order valence-corrected chi connectivity index (χ4v) is 1.92. The second kappa shape index (κ2) is 3.29. The minimum Gasteiger partial charge on any atom is -0.477 e. The predicted molar refractivity (Wildman–Crippen MR) is 57.3 cm³/mol. The van der Waals surface area contributed by atoms with Crippen LogP contribution in [0.1, 0.15) is 10.5 Å². The zero-order valence-corrected chi connectivity index (χ0v) is 9.55. The van der Waals surface area contributed by atoms with Crippen LogP contribution >= 0.6 is 25.3 Å². The van der Waals surface area contributed by atoms with Crippen LogP contribution in [-0.2, 0) is 0 Å². The number of hydrogen-bond donors (Lipinski definition) is 1. The summed E-state index contributed by atoms with van der Waals surface area (Å²) in [6, 6.07) is 1.55. The first-order valence-corrected chi connectivity index (χ1v) is 4.93. The molecule has 72 valence electrons. The first-order chi connectivity index (χ1) is 6.61. The number of aromatic nitrogens is 3. The summed E-state index contributed by atoms with van der Waals surface area (Å²) in [5.74, 6) is -0.995. The molecule has 1 atom stereocenters. The molecule has 5 nitrogen and oxygen atoms in total. The Morgan fingerprint density at radius 1 is 1.64 bits per heavy atom. The van der Waals surface area contributed by atoms with Crippen molar-refractivity contribution in [2.75, 3.05) is 0 Å². The summed E-state index contributed by atoms with van der Waals surface area (Å²) in [5, 5.41) is 17.2. The van der Waals surface area contributed by atoms with Gasteiger partial charge in [-0.05, 0) is 31.4 Å². The summed E-state index contributed by atoms with van der Waals surface area (Å²) in [7, 11) is 2.29. The average molecular weight is 274 g/mol. The monoisotopic (exact) mass is 273 g/mol. The Morgan fingerprint density at radius 2 is 2.36 bits per heavy atom. The van der Waals surface area contributed by atoms with Crippen LogP contribution in [0.2, 0.25) is 0 Å². The van der Waals surface area contributed by atoms with Crippen molar-refractivity contribution in [3.63, 3.8) is 0 Å². The van der Waals surface area contributed by atoms with Crippen LogP contribution in [0.5, 0.6) is 0 Å². The minimum atomic E-state index is -0.995. The standard InChI is InChI=1S/C7H5BrN3O2P/c8-4-2-9-10-6-3(4)1-5(7(12)13)11(6)14/h1-2H,14H2,(H,12,13). The number of carboxylic acids is 1. The van der Waals surface area contributed by atoms with E-state index in [0.717, 1.165) is 9.86 Å². The number of nitrogens with zero attached hydrogens (tertiary/aromatic N) is 3. The lowest BCUT2D eigenvalue weighted by atomic mass is 10.3. The van der Waals surface area contributed by atoms with Crippen molar-refractivity contribution >= 4 is 42.3 Å². The van der Waals surface area contributed by atoms with Gasteiger partial charge in [0.2, 0.25) is 0 Å². The maximum atomic E-state index is 10.8. The molecule has 14 heavy (non-hydrogen) atoms. The van der Waals surface area contributed by atoms with E-state index < -0.39 is 5.97 Å². The van der Waals surface area contributed by atoms with Gasteiger partial charge in [0.15, 0.2) is 5.65 Å². The molecule has 0 amide bonds. The molecule has 0 saturated heterocycles. The highest BCUT2D eigenvalue weighted by Gasteiger charge is 2.14. The van der Waals surface area contributed by atoms with Gasteiger partial charge in [-0.15, -0.1) is 5.10 Å². The van der Waals surface area contributed by atoms with Gasteiger partial charge in [-0.1, -0.05) is 0 Å². The molecule has 0 aliphatic heterocycles. The van der Waals surface area contributed by atoms with Crippen molar-refractivity contribution in [1.29, 1.82) is 0 Å². The molecule has 1 N–H and O–H groups in total. The molecular weight excluding hydrogens is 269 g/mol. The zero-order valence-electron chi connectivity index (χ0n) is 6.81. The third-order valence-electron chi connectivity index (χ3n) is 1.81. The van der Waals surface area contributed by atoms with Crippen LogP contribution < -0.4 is 0 Å². The first-order valence-electron chi connectivity index (χ1n) is 3.62. The Kier molecular flexibility index (Phi) is 2.25. The van der Waals surface area contributed by atoms with Crippen LogP contribution in [-0.4, -0.2) is 25.6 Å². The molecule has 0 aliphatic rings. The number of hydrogen-bond acceptors (Lipinski definition) is 3. The number of carbonyl (C=O) groups is 1. The lowest BCUT2D eigenvalue weighted by Crippen LogP contribution is -2.00. The smallest absolute Gasteiger partial charge is 0.352 e. The van der Waals surface area contributed by atoms with E-state index in [4.69, 9.17) is 5.11 Å². The maximum Gasteiger partial charge on any atom is 0.352 e. The van der Waals surface area contributed by atoms with Gasteiger partial charge in [-0.3, -0.25) is 0 Å². The Morgan fingerprint density at radius 3 is 2.93 bits per heavy atom. The predicted octanol–water partition coefficient (Wildman–Crippen LogP) is 1.53. The van der Waals surface area contributed by atoms with E-state index in [9.17, 15) is 4.79 Å². The number of fused-ring (bicyclic) bond motifs is 1. The van der Waals surface area contributed by atoms with E-state index in [2.05, 4.69) is 35.5 Å². The summed E-state index contributed by atoms with van der Waals surface area (Å²) in [4.78, 5) is 10.8. The molecule has 2 rings (SSSR count). The van der Waals surface area contributed by atoms with Gasteiger partial charge in [0.1, 0.15) is 5.69 Å². The quantitative estimate of drug-likeness (QED) is 0.801. The molecule has 7 heteroatoms. The molecule has 2 aromatic heterocycles. The maximum absolute atomic E-state index is 10.8. The fourth-order valence-electron chi connectivity index (χ4n) is 1.16. The van der Waals surface area contributed by atoms with Crippen molar-refractivity contribution in [2.24, 2.45) is 0 Å². The van der Waals surface area contributed by atoms with Crippen molar-refractivity contribution in [2.45, 2.75) is 0 Å². The largest absolute Gasteiger partial charge is 0.477 e. The topological polar surface area (TPSA) is 68.0 Å². The van der Waals surface area contributed by atoms with Gasteiger partial charge in [0.05, 0.1) is 6.20 Å². The molecule has 0 saturated carbocycles. The van der Waals surface area contributed by atoms with Gasteiger partial charge < -0.3 is 9.44 Å². The molecule has 0 aromatic carbocycles. The highest BCUT2D eigenvalue weighted by atomic mass is 79.9. The summed E-state index contributed by atoms with van der Waals surface area (Å²) in [5.41, 5.74) is 0.674. The summed E-state index contributed by atoms with van der Waals surface area (Å²) >= 11 is 3.28. The highest BCUT2D eigenvalue weighted by Crippen LogP contribution is 2.26. The Hall–Kier alpha value is -1.00. The normalized spacial score (nSPS) is 10.7. The SMILES string of the molecule is O=C(O)c1cc2c(Br)cnnc2n1P. The molecular formula is C7H5BrN3O2P. The molecule has 0 bridgehead atoms. The molecule has 1 unspecified atom stereocenters. The van der Waals surface area contributed by atoms with Crippen molar-refractivity contribution in [3.05, 3.63) is 22.4 Å². The molecule has 0 spiro atoms. The van der Waals surface area contributed by atoms with Crippen LogP contribution in [0.3, 0.4) is 0 Å². The summed E-state index contributed by atoms with van der Waals surface area (Å²) < 4.78 is 2.14. The van der Waals surface area contributed by atoms with E-state index in [1.54, 1.807) is 6.07 Å². The molecule has 2 heterocycles. The van der Waals surface area contributed by atoms with E-state index in [1.807, 2.05) is 0 Å². The molecule has 0 radical (unpaired) electrons. The Bertz CT molecular complexity index is 525. The van der Waals surface area contributed by atoms with Crippen molar-refractivity contribution < 1.29 is 9.90 Å². The number of rotatable bonds is 1. The zero-order chi connectivity index (χ0) is 10.3. The first kappa shape index (κ1) is 9.55. The van der Waals surface area contributed by atoms with E-state index in [0.29, 0.717) is 5.65 Å². The van der Waals surface area contributed by atoms with Crippen LogP contribution in [0.15, 0.2) is 16.7 Å². The van der Waals surface area contributed by atoms with Gasteiger partial charge in [-0.2, -0.15) is 5.10 Å². The third kappa shape index (κ3) is 1.31. The molecule has 0 aliphatic carbocycles. The Balaban J connectivity index is 2.86. The van der Waals surface area contributed by atoms with E-state index >= 15 is 0 Å². The summed E-state index contributed by atoms with van der Waals surface area (Å²) in [6.45, 7) is 0. The highest BCUT2D eigenvalue weighted by molar-refractivity contribution is 9.10. The average Bonchev–Trinajstić information content (AvgIpc) is 2.46. The minimum absolute atomic E-state index is 0.159. The van der Waals surface area contributed by atoms with Gasteiger partial charge in [0.25, 0.3) is 0 Å². The van der Waals surface area contributed by atoms with E-state index in [1.165, 1.54) is 10.5 Å². The number of carboxylic acid groups (broad SMARTS) is 1. The third-order valence-corrected chi connectivity index (χ3v) is 2.96. The summed E-state index contributed by atoms with van der Waals surface area (Å²) in [6.07, 6.45) is 1.53. The number of halogens is 1. The lowest BCUT2D eigenvalue weighted by molar-refractivity contribution is 0.0690. The van der Waals surface area contributed by atoms with Gasteiger partial charge in [0, 0.05) is 9.86 Å². The second-order valence-corrected chi connectivity index (χ2v) is 4.01. The molecule has 2 aromatic rings. The van der Waals surface area contributed by atoms with Crippen molar-refractivity contribution in [3.8, 4) is 0 Å². The van der Waals surface area contributed by atoms with Crippen LogP contribution in [0.25, 0.3) is 11.0 Å². The molecule has 0 fully saturated rings. The van der Waals surface area contributed by atoms with Crippen LogP contribution in [0, 0.1) is 0 Å². The van der Waals surface area contributed by atoms with E-state index in [-0.39, 0.29) is 5.69 Å². The van der Waals surface area contributed by atoms with Gasteiger partial charge in [-0.25, -0.2) is 4.79 Å². The van der Waals surface area contributed by atoms with Gasteiger partial charge >= 0.3 is 5.97 Å². The second-order valence-electron chi connectivity index (χ2n) is 2.63. The van der Waals surface area contributed by atoms with Crippen LogP contribution in [0.4, 0.5) is 0 Å². The fraction of sp³-hybridized carbons (Fsp3) is 0. The Labute approximate surface area is 89.5 Å². The van der Waals surface area contributed by atoms with Crippen molar-refractivity contribution in [1.82, 2.24) is 14.5 Å².